The number of fused-ring (bicyclic) bond motifs is 1. The summed E-state index contributed by atoms with van der Waals surface area (Å²) in [6, 6.07) is 5.59. The number of hydrogen-bond donors (Lipinski definition) is 1. The van der Waals surface area contributed by atoms with Gasteiger partial charge in [-0.25, -0.2) is 4.79 Å². The maximum absolute atomic E-state index is 11.1. The van der Waals surface area contributed by atoms with Gasteiger partial charge in [0.05, 0.1) is 5.56 Å². The van der Waals surface area contributed by atoms with Gasteiger partial charge in [0.15, 0.2) is 0 Å². The third-order valence-corrected chi connectivity index (χ3v) is 2.23. The normalized spacial score (nSPS) is 15.4. The minimum absolute atomic E-state index is 0. The molecular formula is C10H12ClNO2. The fourth-order valence-electron chi connectivity index (χ4n) is 1.44. The molecule has 1 aliphatic heterocycles. The van der Waals surface area contributed by atoms with Crippen LogP contribution in [0.4, 0.5) is 0 Å². The highest BCUT2D eigenvalue weighted by Crippen LogP contribution is 2.22. The third-order valence-electron chi connectivity index (χ3n) is 2.23. The van der Waals surface area contributed by atoms with Crippen molar-refractivity contribution in [3.05, 3.63) is 34.9 Å². The molecule has 0 aromatic heterocycles. The smallest absolute Gasteiger partial charge is 0.338 e. The average molecular weight is 214 g/mol. The summed E-state index contributed by atoms with van der Waals surface area (Å²) in [5, 5.41) is 0. The van der Waals surface area contributed by atoms with Gasteiger partial charge in [-0.2, -0.15) is 0 Å². The summed E-state index contributed by atoms with van der Waals surface area (Å²) < 4.78 is 4.88. The molecular weight excluding hydrogens is 202 g/mol. The van der Waals surface area contributed by atoms with Crippen LogP contribution in [0, 0.1) is 0 Å². The summed E-state index contributed by atoms with van der Waals surface area (Å²) in [6.45, 7) is 2.30. The molecule has 0 aliphatic carbocycles. The van der Waals surface area contributed by atoms with Crippen LogP contribution in [0.25, 0.3) is 0 Å². The van der Waals surface area contributed by atoms with E-state index < -0.39 is 0 Å². The van der Waals surface area contributed by atoms with Gasteiger partial charge in [0.25, 0.3) is 0 Å². The van der Waals surface area contributed by atoms with E-state index in [1.807, 2.05) is 19.1 Å². The lowest BCUT2D eigenvalue weighted by Gasteiger charge is -2.05. The molecule has 3 nitrogen and oxygen atoms in total. The summed E-state index contributed by atoms with van der Waals surface area (Å²) >= 11 is 0. The van der Waals surface area contributed by atoms with Gasteiger partial charge in [-0.1, -0.05) is 6.07 Å². The van der Waals surface area contributed by atoms with Crippen LogP contribution in [0.5, 0.6) is 0 Å². The second-order valence-electron chi connectivity index (χ2n) is 3.28. The van der Waals surface area contributed by atoms with Crippen molar-refractivity contribution in [1.82, 2.24) is 0 Å². The number of rotatable bonds is 1. The van der Waals surface area contributed by atoms with Gasteiger partial charge in [0.1, 0.15) is 6.61 Å². The Bertz CT molecular complexity index is 363. The minimum Gasteiger partial charge on any atom is -0.457 e. The fourth-order valence-corrected chi connectivity index (χ4v) is 1.44. The predicted octanol–water partition coefficient (Wildman–Crippen LogP) is 1.80. The molecule has 1 aromatic carbocycles. The summed E-state index contributed by atoms with van der Waals surface area (Å²) in [4.78, 5) is 11.1. The van der Waals surface area contributed by atoms with Crippen molar-refractivity contribution in [3.8, 4) is 0 Å². The lowest BCUT2D eigenvalue weighted by atomic mass is 10.0. The number of esters is 1. The number of halogens is 1. The van der Waals surface area contributed by atoms with E-state index in [-0.39, 0.29) is 24.4 Å². The summed E-state index contributed by atoms with van der Waals surface area (Å²) in [6.07, 6.45) is 0. The van der Waals surface area contributed by atoms with Crippen LogP contribution < -0.4 is 5.73 Å². The number of hydrogen-bond acceptors (Lipinski definition) is 3. The maximum Gasteiger partial charge on any atom is 0.338 e. The zero-order valence-electron chi connectivity index (χ0n) is 7.82. The Hall–Kier alpha value is -1.06. The van der Waals surface area contributed by atoms with Gasteiger partial charge in [-0.15, -0.1) is 12.4 Å². The van der Waals surface area contributed by atoms with E-state index in [1.165, 1.54) is 0 Å². The van der Waals surface area contributed by atoms with Crippen LogP contribution in [-0.2, 0) is 11.3 Å². The monoisotopic (exact) mass is 213 g/mol. The van der Waals surface area contributed by atoms with Gasteiger partial charge in [-0.05, 0) is 24.6 Å². The Morgan fingerprint density at radius 1 is 1.50 bits per heavy atom. The van der Waals surface area contributed by atoms with Gasteiger partial charge >= 0.3 is 5.97 Å². The molecule has 1 aliphatic rings. The molecule has 76 valence electrons. The molecule has 0 saturated carbocycles. The third kappa shape index (κ3) is 1.74. The first-order valence-corrected chi connectivity index (χ1v) is 4.24. The van der Waals surface area contributed by atoms with Gasteiger partial charge in [0, 0.05) is 11.6 Å². The molecule has 1 atom stereocenters. The Morgan fingerprint density at radius 2 is 2.21 bits per heavy atom. The highest BCUT2D eigenvalue weighted by atomic mass is 35.5. The summed E-state index contributed by atoms with van der Waals surface area (Å²) in [5.74, 6) is -0.230. The van der Waals surface area contributed by atoms with E-state index in [2.05, 4.69) is 0 Å². The highest BCUT2D eigenvalue weighted by Gasteiger charge is 2.21. The largest absolute Gasteiger partial charge is 0.457 e. The maximum atomic E-state index is 11.1. The second-order valence-corrected chi connectivity index (χ2v) is 3.28. The molecule has 4 heteroatoms. The number of nitrogens with two attached hydrogens (primary N) is 1. The zero-order valence-corrected chi connectivity index (χ0v) is 8.64. The molecule has 0 bridgehead atoms. The first-order chi connectivity index (χ1) is 6.18. The minimum atomic E-state index is -0.230. The van der Waals surface area contributed by atoms with Crippen LogP contribution in [0.1, 0.15) is 34.5 Å². The topological polar surface area (TPSA) is 52.3 Å². The van der Waals surface area contributed by atoms with E-state index in [1.54, 1.807) is 6.07 Å². The molecule has 2 rings (SSSR count). The van der Waals surface area contributed by atoms with Crippen molar-refractivity contribution in [2.24, 2.45) is 5.73 Å². The Morgan fingerprint density at radius 3 is 2.86 bits per heavy atom. The van der Waals surface area contributed by atoms with Crippen molar-refractivity contribution in [2.75, 3.05) is 0 Å². The van der Waals surface area contributed by atoms with E-state index in [4.69, 9.17) is 10.5 Å². The highest BCUT2D eigenvalue weighted by molar-refractivity contribution is 5.93. The average Bonchev–Trinajstić information content (AvgIpc) is 2.47. The molecule has 0 saturated heterocycles. The molecule has 0 fully saturated rings. The van der Waals surface area contributed by atoms with Crippen LogP contribution >= 0.6 is 12.4 Å². The Kier molecular flexibility index (Phi) is 3.13. The second kappa shape index (κ2) is 3.98. The van der Waals surface area contributed by atoms with Crippen LogP contribution in [0.3, 0.4) is 0 Å². The first-order valence-electron chi connectivity index (χ1n) is 4.24. The Labute approximate surface area is 88.7 Å². The van der Waals surface area contributed by atoms with Gasteiger partial charge in [0.2, 0.25) is 0 Å². The van der Waals surface area contributed by atoms with Crippen molar-refractivity contribution >= 4 is 18.4 Å². The number of cyclic esters (lactones) is 1. The number of carbonyl (C=O) groups excluding carboxylic acids is 1. The lowest BCUT2D eigenvalue weighted by molar-refractivity contribution is 0.0535. The van der Waals surface area contributed by atoms with E-state index >= 15 is 0 Å². The fraction of sp³-hybridized carbons (Fsp3) is 0.300. The Balaban J connectivity index is 0.000000980. The lowest BCUT2D eigenvalue weighted by Crippen LogP contribution is -2.05. The van der Waals surface area contributed by atoms with Crippen molar-refractivity contribution in [3.63, 3.8) is 0 Å². The van der Waals surface area contributed by atoms with Crippen LogP contribution in [0.2, 0.25) is 0 Å². The molecule has 0 amide bonds. The number of ether oxygens (including phenoxy) is 1. The number of carbonyl (C=O) groups is 1. The quantitative estimate of drug-likeness (QED) is 0.724. The first kappa shape index (κ1) is 11.0. The molecule has 0 spiro atoms. The summed E-state index contributed by atoms with van der Waals surface area (Å²) in [7, 11) is 0. The van der Waals surface area contributed by atoms with E-state index in [9.17, 15) is 4.79 Å². The standard InChI is InChI=1S/C10H11NO2.ClH/c1-6(11)7-2-3-9-8(4-7)5-13-10(9)12;/h2-4,6H,5,11H2,1H3;1H/t6-;/m0./s1. The molecule has 1 heterocycles. The van der Waals surface area contributed by atoms with Crippen molar-refractivity contribution < 1.29 is 9.53 Å². The van der Waals surface area contributed by atoms with E-state index in [0.29, 0.717) is 12.2 Å². The summed E-state index contributed by atoms with van der Waals surface area (Å²) in [5.41, 5.74) is 8.37. The molecule has 0 unspecified atom stereocenters. The van der Waals surface area contributed by atoms with Crippen molar-refractivity contribution in [2.45, 2.75) is 19.6 Å². The van der Waals surface area contributed by atoms with Crippen LogP contribution in [0.15, 0.2) is 18.2 Å². The molecule has 2 N–H and O–H groups in total. The number of benzene rings is 1. The predicted molar refractivity (Wildman–Crippen MR) is 55.4 cm³/mol. The molecule has 1 aromatic rings. The SMILES string of the molecule is C[C@H](N)c1ccc2c(c1)COC2=O.Cl. The molecule has 14 heavy (non-hydrogen) atoms. The van der Waals surface area contributed by atoms with Gasteiger partial charge in [-0.3, -0.25) is 0 Å². The molecule has 0 radical (unpaired) electrons. The van der Waals surface area contributed by atoms with Gasteiger partial charge < -0.3 is 10.5 Å². The van der Waals surface area contributed by atoms with E-state index in [0.717, 1.165) is 11.1 Å². The van der Waals surface area contributed by atoms with Crippen molar-refractivity contribution in [1.29, 1.82) is 0 Å². The van der Waals surface area contributed by atoms with Crippen LogP contribution in [-0.4, -0.2) is 5.97 Å². The zero-order chi connectivity index (χ0) is 9.42.